The number of aromatic nitrogens is 1. The summed E-state index contributed by atoms with van der Waals surface area (Å²) in [4.78, 5) is 56.5. The number of nitrogens with zero attached hydrogens (tertiary/aromatic N) is 3. The molecule has 0 saturated heterocycles. The van der Waals surface area contributed by atoms with E-state index >= 15 is 0 Å². The van der Waals surface area contributed by atoms with Gasteiger partial charge in [0.15, 0.2) is 5.82 Å². The highest BCUT2D eigenvalue weighted by Gasteiger charge is 2.41. The first-order valence-corrected chi connectivity index (χ1v) is 12.2. The molecule has 0 aliphatic rings. The molecule has 1 heterocycles. The second-order valence-corrected chi connectivity index (χ2v) is 12.0. The van der Waals surface area contributed by atoms with Crippen LogP contribution in [0.15, 0.2) is 18.2 Å². The van der Waals surface area contributed by atoms with Gasteiger partial charge >= 0.3 is 18.3 Å². The molecule has 0 bridgehead atoms. The molecule has 3 amide bonds. The standard InChI is InChI=1S/C27H40N4O7/c1-25(2,3)36-22(33)30-18-15-16(29(11)12)13-14-17(18)19(20(32)28-10)21(30)31(23(34)37-26(4,5)6)24(35)38-27(7,8)9/h13-15H,1-12H3,(H,28,32). The van der Waals surface area contributed by atoms with Crippen LogP contribution < -0.4 is 15.1 Å². The van der Waals surface area contributed by atoms with Crippen molar-refractivity contribution in [3.63, 3.8) is 0 Å². The summed E-state index contributed by atoms with van der Waals surface area (Å²) in [6.07, 6.45) is -3.16. The Kier molecular flexibility index (Phi) is 8.45. The first kappa shape index (κ1) is 30.5. The van der Waals surface area contributed by atoms with Gasteiger partial charge in [-0.05, 0) is 80.5 Å². The maximum absolute atomic E-state index is 13.7. The lowest BCUT2D eigenvalue weighted by Gasteiger charge is -2.29. The van der Waals surface area contributed by atoms with Crippen molar-refractivity contribution in [3.05, 3.63) is 23.8 Å². The van der Waals surface area contributed by atoms with E-state index < -0.39 is 41.0 Å². The summed E-state index contributed by atoms with van der Waals surface area (Å²) >= 11 is 0. The van der Waals surface area contributed by atoms with Crippen molar-refractivity contribution in [1.82, 2.24) is 9.88 Å². The molecule has 11 nitrogen and oxygen atoms in total. The Balaban J connectivity index is 3.10. The van der Waals surface area contributed by atoms with Gasteiger partial charge in [0.1, 0.15) is 16.8 Å². The summed E-state index contributed by atoms with van der Waals surface area (Å²) in [6.45, 7) is 14.8. The molecule has 0 spiro atoms. The molecule has 0 unspecified atom stereocenters. The summed E-state index contributed by atoms with van der Waals surface area (Å²) in [5.74, 6) is -0.991. The van der Waals surface area contributed by atoms with Gasteiger partial charge in [-0.25, -0.2) is 19.0 Å². The van der Waals surface area contributed by atoms with Crippen LogP contribution in [0.3, 0.4) is 0 Å². The van der Waals surface area contributed by atoms with Gasteiger partial charge in [0.2, 0.25) is 0 Å². The molecular weight excluding hydrogens is 492 g/mol. The van der Waals surface area contributed by atoms with E-state index in [1.54, 1.807) is 80.5 Å². The van der Waals surface area contributed by atoms with Gasteiger partial charge < -0.3 is 24.4 Å². The normalized spacial score (nSPS) is 12.1. The van der Waals surface area contributed by atoms with Crippen LogP contribution in [0.25, 0.3) is 10.9 Å². The zero-order chi connectivity index (χ0) is 29.4. The number of carbonyl (C=O) groups is 4. The molecule has 2 aromatic rings. The Morgan fingerprint density at radius 2 is 1.26 bits per heavy atom. The lowest BCUT2D eigenvalue weighted by atomic mass is 10.1. The predicted molar refractivity (Wildman–Crippen MR) is 146 cm³/mol. The van der Waals surface area contributed by atoms with Crippen LogP contribution in [0.4, 0.5) is 25.9 Å². The largest absolute Gasteiger partial charge is 0.443 e. The third-order valence-electron chi connectivity index (χ3n) is 4.84. The molecule has 1 aromatic carbocycles. The Hall–Kier alpha value is -3.76. The summed E-state index contributed by atoms with van der Waals surface area (Å²) in [6, 6.07) is 5.06. The summed E-state index contributed by atoms with van der Waals surface area (Å²) in [5.41, 5.74) is -2.10. The first-order chi connectivity index (χ1) is 17.2. The monoisotopic (exact) mass is 532 g/mol. The highest BCUT2D eigenvalue weighted by atomic mass is 16.6. The second-order valence-electron chi connectivity index (χ2n) is 12.0. The van der Waals surface area contributed by atoms with E-state index in [2.05, 4.69) is 5.32 Å². The van der Waals surface area contributed by atoms with E-state index in [1.807, 2.05) is 19.0 Å². The van der Waals surface area contributed by atoms with Crippen molar-refractivity contribution < 1.29 is 33.4 Å². The van der Waals surface area contributed by atoms with Crippen LogP contribution >= 0.6 is 0 Å². The third-order valence-corrected chi connectivity index (χ3v) is 4.84. The Morgan fingerprint density at radius 1 is 0.789 bits per heavy atom. The van der Waals surface area contributed by atoms with Crippen molar-refractivity contribution in [2.24, 2.45) is 0 Å². The van der Waals surface area contributed by atoms with Crippen molar-refractivity contribution in [3.8, 4) is 0 Å². The predicted octanol–water partition coefficient (Wildman–Crippen LogP) is 5.53. The van der Waals surface area contributed by atoms with Gasteiger partial charge in [-0.2, -0.15) is 4.90 Å². The number of nitrogens with one attached hydrogen (secondary N) is 1. The van der Waals surface area contributed by atoms with Gasteiger partial charge in [0, 0.05) is 32.2 Å². The minimum Gasteiger partial charge on any atom is -0.443 e. The van der Waals surface area contributed by atoms with Crippen LogP contribution in [0.2, 0.25) is 0 Å². The Bertz CT molecular complexity index is 1210. The third kappa shape index (κ3) is 7.17. The van der Waals surface area contributed by atoms with E-state index in [4.69, 9.17) is 14.2 Å². The number of amides is 3. The van der Waals surface area contributed by atoms with Crippen molar-refractivity contribution in [2.75, 3.05) is 30.9 Å². The van der Waals surface area contributed by atoms with E-state index in [1.165, 1.54) is 7.05 Å². The molecule has 0 atom stereocenters. The smallest absolute Gasteiger partial charge is 0.425 e. The fourth-order valence-electron chi connectivity index (χ4n) is 3.46. The molecule has 38 heavy (non-hydrogen) atoms. The maximum atomic E-state index is 13.7. The average Bonchev–Trinajstić information content (AvgIpc) is 3.03. The molecule has 1 N–H and O–H groups in total. The number of hydrogen-bond acceptors (Lipinski definition) is 8. The highest BCUT2D eigenvalue weighted by molar-refractivity contribution is 6.21. The Morgan fingerprint density at radius 3 is 1.66 bits per heavy atom. The lowest BCUT2D eigenvalue weighted by Crippen LogP contribution is -2.46. The van der Waals surface area contributed by atoms with Gasteiger partial charge in [-0.15, -0.1) is 0 Å². The maximum Gasteiger partial charge on any atom is 0.425 e. The minimum absolute atomic E-state index is 0.101. The van der Waals surface area contributed by atoms with Crippen LogP contribution in [0.5, 0.6) is 0 Å². The minimum atomic E-state index is -1.13. The van der Waals surface area contributed by atoms with E-state index in [0.29, 0.717) is 16.0 Å². The Labute approximate surface area is 224 Å². The van der Waals surface area contributed by atoms with Crippen LogP contribution in [0, 0.1) is 0 Å². The van der Waals surface area contributed by atoms with Gasteiger partial charge in [0.25, 0.3) is 5.91 Å². The molecule has 0 radical (unpaired) electrons. The average molecular weight is 533 g/mol. The van der Waals surface area contributed by atoms with Crippen LogP contribution in [0.1, 0.15) is 72.7 Å². The highest BCUT2D eigenvalue weighted by Crippen LogP contribution is 2.37. The molecule has 2 rings (SSSR count). The number of imide groups is 1. The molecule has 0 fully saturated rings. The molecule has 0 saturated carbocycles. The van der Waals surface area contributed by atoms with E-state index in [0.717, 1.165) is 4.57 Å². The first-order valence-electron chi connectivity index (χ1n) is 12.2. The summed E-state index contributed by atoms with van der Waals surface area (Å²) < 4.78 is 17.8. The zero-order valence-corrected chi connectivity index (χ0v) is 24.4. The van der Waals surface area contributed by atoms with Crippen molar-refractivity contribution >= 4 is 46.6 Å². The van der Waals surface area contributed by atoms with Crippen molar-refractivity contribution in [1.29, 1.82) is 0 Å². The SMILES string of the molecule is CNC(=O)c1c(N(C(=O)OC(C)(C)C)C(=O)OC(C)(C)C)n(C(=O)OC(C)(C)C)c2cc(N(C)C)ccc12. The number of carbonyl (C=O) groups excluding carboxylic acids is 4. The molecule has 210 valence electrons. The summed E-state index contributed by atoms with van der Waals surface area (Å²) in [5, 5.41) is 2.85. The number of anilines is 2. The molecule has 0 aliphatic carbocycles. The van der Waals surface area contributed by atoms with Crippen LogP contribution in [-0.2, 0) is 14.2 Å². The quantitative estimate of drug-likeness (QED) is 0.513. The van der Waals surface area contributed by atoms with Gasteiger partial charge in [0.05, 0.1) is 11.1 Å². The number of fused-ring (bicyclic) bond motifs is 1. The van der Waals surface area contributed by atoms with Crippen molar-refractivity contribution in [2.45, 2.75) is 79.1 Å². The summed E-state index contributed by atoms with van der Waals surface area (Å²) in [7, 11) is 5.04. The molecular formula is C27H40N4O7. The number of hydrogen-bond donors (Lipinski definition) is 1. The molecule has 1 aromatic heterocycles. The van der Waals surface area contributed by atoms with Gasteiger partial charge in [-0.3, -0.25) is 4.79 Å². The van der Waals surface area contributed by atoms with Gasteiger partial charge in [-0.1, -0.05) is 0 Å². The molecule has 0 aliphatic heterocycles. The second kappa shape index (κ2) is 10.5. The van der Waals surface area contributed by atoms with E-state index in [-0.39, 0.29) is 16.9 Å². The fraction of sp³-hybridized carbons (Fsp3) is 0.556. The zero-order valence-electron chi connectivity index (χ0n) is 24.4. The van der Waals surface area contributed by atoms with Crippen LogP contribution in [-0.4, -0.2) is 66.7 Å². The van der Waals surface area contributed by atoms with E-state index in [9.17, 15) is 19.2 Å². The molecule has 11 heteroatoms. The fourth-order valence-corrected chi connectivity index (χ4v) is 3.46. The number of ether oxygens (including phenoxy) is 3. The lowest BCUT2D eigenvalue weighted by molar-refractivity contribution is 0.0426. The number of benzene rings is 1. The topological polar surface area (TPSA) is 119 Å². The number of rotatable bonds is 3.